The zero-order valence-electron chi connectivity index (χ0n) is 10.5. The third-order valence-electron chi connectivity index (χ3n) is 2.87. The Morgan fingerprint density at radius 3 is 2.47 bits per heavy atom. The summed E-state index contributed by atoms with van der Waals surface area (Å²) >= 11 is 3.45. The molecule has 0 radical (unpaired) electrons. The fraction of sp³-hybridized carbons (Fsp3) is 0.133. The first kappa shape index (κ1) is 13.6. The fourth-order valence-corrected chi connectivity index (χ4v) is 2.22. The van der Waals surface area contributed by atoms with Crippen LogP contribution in [0.4, 0.5) is 5.69 Å². The van der Waals surface area contributed by atoms with Crippen LogP contribution in [0.5, 0.6) is 0 Å². The van der Waals surface area contributed by atoms with E-state index in [1.54, 1.807) is 12.1 Å². The number of anilines is 1. The average molecular weight is 320 g/mol. The van der Waals surface area contributed by atoms with Crippen LogP contribution in [0.2, 0.25) is 0 Å². The molecule has 0 saturated carbocycles. The maximum absolute atomic E-state index is 10.8. The first-order valence-electron chi connectivity index (χ1n) is 5.85. The van der Waals surface area contributed by atoms with Crippen molar-refractivity contribution in [1.29, 1.82) is 0 Å². The largest absolute Gasteiger partial charge is 0.478 e. The van der Waals surface area contributed by atoms with Crippen molar-refractivity contribution in [3.05, 3.63) is 64.1 Å². The molecule has 0 aliphatic heterocycles. The highest BCUT2D eigenvalue weighted by Crippen LogP contribution is 2.20. The Hall–Kier alpha value is -1.81. The molecule has 2 rings (SSSR count). The molecule has 0 spiro atoms. The third kappa shape index (κ3) is 3.58. The summed E-state index contributed by atoms with van der Waals surface area (Å²) in [5, 5.41) is 8.85. The van der Waals surface area contributed by atoms with Gasteiger partial charge in [-0.05, 0) is 35.9 Å². The summed E-state index contributed by atoms with van der Waals surface area (Å²) in [6.45, 7) is 0.732. The first-order valence-corrected chi connectivity index (χ1v) is 6.64. The van der Waals surface area contributed by atoms with Gasteiger partial charge in [0.1, 0.15) is 0 Å². The van der Waals surface area contributed by atoms with Gasteiger partial charge in [-0.2, -0.15) is 0 Å². The zero-order valence-corrected chi connectivity index (χ0v) is 12.1. The van der Waals surface area contributed by atoms with Crippen molar-refractivity contribution < 1.29 is 9.90 Å². The van der Waals surface area contributed by atoms with Crippen LogP contribution in [0.15, 0.2) is 53.0 Å². The van der Waals surface area contributed by atoms with E-state index in [0.29, 0.717) is 5.56 Å². The number of hydrogen-bond donors (Lipinski definition) is 1. The van der Waals surface area contributed by atoms with Gasteiger partial charge in [-0.15, -0.1) is 0 Å². The van der Waals surface area contributed by atoms with Crippen LogP contribution in [-0.2, 0) is 6.54 Å². The van der Waals surface area contributed by atoms with E-state index >= 15 is 0 Å². The fourth-order valence-electron chi connectivity index (χ4n) is 1.83. The molecular weight excluding hydrogens is 306 g/mol. The van der Waals surface area contributed by atoms with Crippen LogP contribution in [-0.4, -0.2) is 18.1 Å². The van der Waals surface area contributed by atoms with Crippen molar-refractivity contribution in [2.24, 2.45) is 0 Å². The molecule has 0 unspecified atom stereocenters. The quantitative estimate of drug-likeness (QED) is 0.932. The summed E-state index contributed by atoms with van der Waals surface area (Å²) in [6, 6.07) is 15.0. The molecule has 3 nitrogen and oxygen atoms in total. The van der Waals surface area contributed by atoms with E-state index in [9.17, 15) is 4.79 Å². The van der Waals surface area contributed by atoms with E-state index in [0.717, 1.165) is 22.3 Å². The second-order valence-electron chi connectivity index (χ2n) is 4.34. The molecule has 0 saturated heterocycles. The van der Waals surface area contributed by atoms with E-state index < -0.39 is 5.97 Å². The molecule has 0 amide bonds. The molecule has 1 N–H and O–H groups in total. The Bertz CT molecular complexity index is 581. The van der Waals surface area contributed by atoms with E-state index in [1.807, 2.05) is 43.4 Å². The monoisotopic (exact) mass is 319 g/mol. The highest BCUT2D eigenvalue weighted by molar-refractivity contribution is 9.10. The number of halogens is 1. The van der Waals surface area contributed by atoms with E-state index in [4.69, 9.17) is 5.11 Å². The minimum Gasteiger partial charge on any atom is -0.478 e. The Morgan fingerprint density at radius 1 is 1.21 bits per heavy atom. The standard InChI is InChI=1S/C15H14BrNO2/c1-17(14-4-2-3-13(16)9-14)10-11-5-7-12(8-6-11)15(18)19/h2-9H,10H2,1H3,(H,18,19). The summed E-state index contributed by atoms with van der Waals surface area (Å²) in [4.78, 5) is 12.9. The average Bonchev–Trinajstić information content (AvgIpc) is 2.39. The highest BCUT2D eigenvalue weighted by atomic mass is 79.9. The van der Waals surface area contributed by atoms with E-state index in [2.05, 4.69) is 20.8 Å². The van der Waals surface area contributed by atoms with Gasteiger partial charge in [0.15, 0.2) is 0 Å². The molecule has 0 aliphatic carbocycles. The summed E-state index contributed by atoms with van der Waals surface area (Å²) < 4.78 is 1.04. The second-order valence-corrected chi connectivity index (χ2v) is 5.25. The van der Waals surface area contributed by atoms with Crippen molar-refractivity contribution in [2.45, 2.75) is 6.54 Å². The van der Waals surface area contributed by atoms with Gasteiger partial charge >= 0.3 is 5.97 Å². The van der Waals surface area contributed by atoms with Crippen LogP contribution in [0, 0.1) is 0 Å². The van der Waals surface area contributed by atoms with E-state index in [1.165, 1.54) is 0 Å². The van der Waals surface area contributed by atoms with Gasteiger partial charge < -0.3 is 10.0 Å². The number of carbonyl (C=O) groups is 1. The molecule has 0 aliphatic rings. The van der Waals surface area contributed by atoms with E-state index in [-0.39, 0.29) is 0 Å². The maximum atomic E-state index is 10.8. The molecule has 0 aromatic heterocycles. The Balaban J connectivity index is 2.10. The number of hydrogen-bond acceptors (Lipinski definition) is 2. The molecule has 2 aromatic carbocycles. The van der Waals surface area contributed by atoms with Gasteiger partial charge in [0.25, 0.3) is 0 Å². The van der Waals surface area contributed by atoms with Crippen molar-refractivity contribution >= 4 is 27.6 Å². The van der Waals surface area contributed by atoms with Gasteiger partial charge in [0, 0.05) is 23.8 Å². The Kier molecular flexibility index (Phi) is 4.22. The topological polar surface area (TPSA) is 40.5 Å². The molecule has 98 valence electrons. The number of nitrogens with zero attached hydrogens (tertiary/aromatic N) is 1. The maximum Gasteiger partial charge on any atom is 0.335 e. The highest BCUT2D eigenvalue weighted by Gasteiger charge is 2.05. The number of rotatable bonds is 4. The van der Waals surface area contributed by atoms with Gasteiger partial charge in [-0.3, -0.25) is 0 Å². The molecule has 0 atom stereocenters. The predicted molar refractivity (Wildman–Crippen MR) is 79.7 cm³/mol. The molecule has 0 bridgehead atoms. The van der Waals surface area contributed by atoms with Crippen molar-refractivity contribution in [1.82, 2.24) is 0 Å². The molecule has 19 heavy (non-hydrogen) atoms. The zero-order chi connectivity index (χ0) is 13.8. The summed E-state index contributed by atoms with van der Waals surface area (Å²) in [6.07, 6.45) is 0. The van der Waals surface area contributed by atoms with Crippen LogP contribution >= 0.6 is 15.9 Å². The lowest BCUT2D eigenvalue weighted by Gasteiger charge is -2.19. The molecule has 0 fully saturated rings. The van der Waals surface area contributed by atoms with Crippen LogP contribution in [0.25, 0.3) is 0 Å². The van der Waals surface area contributed by atoms with Gasteiger partial charge in [0.05, 0.1) is 5.56 Å². The van der Waals surface area contributed by atoms with Gasteiger partial charge in [0.2, 0.25) is 0 Å². The molecule has 2 aromatic rings. The minimum absolute atomic E-state index is 0.314. The summed E-state index contributed by atoms with van der Waals surface area (Å²) in [7, 11) is 2.01. The van der Waals surface area contributed by atoms with Crippen LogP contribution < -0.4 is 4.90 Å². The molecular formula is C15H14BrNO2. The molecule has 0 heterocycles. The second kappa shape index (κ2) is 5.89. The van der Waals surface area contributed by atoms with Gasteiger partial charge in [-0.25, -0.2) is 4.79 Å². The summed E-state index contributed by atoms with van der Waals surface area (Å²) in [5.41, 5.74) is 2.50. The number of aromatic carboxylic acids is 1. The van der Waals surface area contributed by atoms with Crippen molar-refractivity contribution in [2.75, 3.05) is 11.9 Å². The number of carboxylic acids is 1. The van der Waals surface area contributed by atoms with Crippen LogP contribution in [0.3, 0.4) is 0 Å². The number of carboxylic acid groups (broad SMARTS) is 1. The molecule has 4 heteroatoms. The summed E-state index contributed by atoms with van der Waals surface area (Å²) in [5.74, 6) is -0.896. The van der Waals surface area contributed by atoms with Crippen LogP contribution in [0.1, 0.15) is 15.9 Å². The predicted octanol–water partition coefficient (Wildman–Crippen LogP) is 3.78. The lowest BCUT2D eigenvalue weighted by atomic mass is 10.1. The minimum atomic E-state index is -0.896. The Labute approximate surface area is 120 Å². The SMILES string of the molecule is CN(Cc1ccc(C(=O)O)cc1)c1cccc(Br)c1. The number of benzene rings is 2. The Morgan fingerprint density at radius 2 is 1.89 bits per heavy atom. The smallest absolute Gasteiger partial charge is 0.335 e. The van der Waals surface area contributed by atoms with Gasteiger partial charge in [-0.1, -0.05) is 34.1 Å². The normalized spacial score (nSPS) is 10.2. The van der Waals surface area contributed by atoms with Crippen molar-refractivity contribution in [3.8, 4) is 0 Å². The first-order chi connectivity index (χ1) is 9.06. The van der Waals surface area contributed by atoms with Crippen molar-refractivity contribution in [3.63, 3.8) is 0 Å². The lowest BCUT2D eigenvalue weighted by molar-refractivity contribution is 0.0697. The lowest BCUT2D eigenvalue weighted by Crippen LogP contribution is -2.16. The third-order valence-corrected chi connectivity index (χ3v) is 3.36.